The Hall–Kier alpha value is -3.13. The van der Waals surface area contributed by atoms with Crippen LogP contribution in [0.15, 0.2) is 42.5 Å². The van der Waals surface area contributed by atoms with Gasteiger partial charge in [-0.1, -0.05) is 35.4 Å². The van der Waals surface area contributed by atoms with Gasteiger partial charge in [0.05, 0.1) is 11.5 Å². The second-order valence-electron chi connectivity index (χ2n) is 6.78. The zero-order valence-electron chi connectivity index (χ0n) is 16.7. The fourth-order valence-corrected chi connectivity index (χ4v) is 3.37. The number of hydrogen-bond donors (Lipinski definition) is 3. The van der Waals surface area contributed by atoms with Gasteiger partial charge in [0.1, 0.15) is 5.82 Å². The number of aryl methyl sites for hydroxylation is 3. The molecule has 0 atom stereocenters. The number of rotatable bonds is 7. The van der Waals surface area contributed by atoms with Crippen molar-refractivity contribution >= 4 is 40.9 Å². The minimum Gasteiger partial charge on any atom is -0.368 e. The van der Waals surface area contributed by atoms with Gasteiger partial charge >= 0.3 is 0 Å². The summed E-state index contributed by atoms with van der Waals surface area (Å²) in [5.74, 6) is 1.73. The van der Waals surface area contributed by atoms with E-state index >= 15 is 0 Å². The molecular formula is C21H24N6OS. The van der Waals surface area contributed by atoms with E-state index in [1.165, 1.54) is 17.3 Å². The molecule has 4 N–H and O–H groups in total. The molecule has 7 nitrogen and oxygen atoms in total. The van der Waals surface area contributed by atoms with Gasteiger partial charge < -0.3 is 16.4 Å². The van der Waals surface area contributed by atoms with Crippen molar-refractivity contribution in [2.24, 2.45) is 0 Å². The first-order chi connectivity index (χ1) is 13.9. The van der Waals surface area contributed by atoms with E-state index in [0.29, 0.717) is 23.3 Å². The zero-order valence-corrected chi connectivity index (χ0v) is 17.5. The van der Waals surface area contributed by atoms with Gasteiger partial charge in [0, 0.05) is 11.4 Å². The van der Waals surface area contributed by atoms with Gasteiger partial charge in [-0.15, -0.1) is 11.8 Å². The maximum Gasteiger partial charge on any atom is 0.234 e. The lowest BCUT2D eigenvalue weighted by Crippen LogP contribution is -2.15. The summed E-state index contributed by atoms with van der Waals surface area (Å²) in [6.07, 6.45) is 0. The van der Waals surface area contributed by atoms with E-state index in [2.05, 4.69) is 25.6 Å². The summed E-state index contributed by atoms with van der Waals surface area (Å²) in [5, 5.41) is 6.06. The fraction of sp³-hybridized carbons (Fsp3) is 0.238. The maximum absolute atomic E-state index is 12.2. The Morgan fingerprint density at radius 1 is 1.00 bits per heavy atom. The highest BCUT2D eigenvalue weighted by atomic mass is 32.2. The molecule has 3 rings (SSSR count). The van der Waals surface area contributed by atoms with E-state index in [0.717, 1.165) is 22.5 Å². The van der Waals surface area contributed by atoms with Crippen molar-refractivity contribution in [1.82, 2.24) is 15.0 Å². The number of nitrogens with zero attached hydrogens (tertiary/aromatic N) is 3. The number of hydrogen-bond acceptors (Lipinski definition) is 7. The van der Waals surface area contributed by atoms with Gasteiger partial charge in [0.15, 0.2) is 0 Å². The largest absolute Gasteiger partial charge is 0.368 e. The Kier molecular flexibility index (Phi) is 6.66. The Morgan fingerprint density at radius 2 is 1.72 bits per heavy atom. The normalized spacial score (nSPS) is 10.6. The quantitative estimate of drug-likeness (QED) is 0.543. The summed E-state index contributed by atoms with van der Waals surface area (Å²) >= 11 is 1.42. The molecule has 0 fully saturated rings. The third-order valence-electron chi connectivity index (χ3n) is 4.13. The number of thioether (sulfide) groups is 1. The molecule has 0 saturated carbocycles. The highest BCUT2D eigenvalue weighted by Gasteiger charge is 2.09. The van der Waals surface area contributed by atoms with Crippen molar-refractivity contribution in [3.8, 4) is 0 Å². The zero-order chi connectivity index (χ0) is 20.8. The Labute approximate surface area is 174 Å². The van der Waals surface area contributed by atoms with Gasteiger partial charge in [-0.25, -0.2) is 0 Å². The lowest BCUT2D eigenvalue weighted by Gasteiger charge is -2.09. The van der Waals surface area contributed by atoms with Crippen LogP contribution in [0.3, 0.4) is 0 Å². The maximum atomic E-state index is 12.2. The molecule has 0 unspecified atom stereocenters. The van der Waals surface area contributed by atoms with Crippen LogP contribution in [0.4, 0.5) is 23.3 Å². The van der Waals surface area contributed by atoms with Crippen LogP contribution < -0.4 is 16.4 Å². The summed E-state index contributed by atoms with van der Waals surface area (Å²) in [6.45, 7) is 6.03. The van der Waals surface area contributed by atoms with Crippen molar-refractivity contribution in [3.05, 3.63) is 65.0 Å². The number of nitrogen functional groups attached to an aromatic ring is 1. The second kappa shape index (κ2) is 9.38. The predicted octanol–water partition coefficient (Wildman–Crippen LogP) is 3.99. The van der Waals surface area contributed by atoms with E-state index < -0.39 is 0 Å². The summed E-state index contributed by atoms with van der Waals surface area (Å²) < 4.78 is 0. The van der Waals surface area contributed by atoms with Crippen molar-refractivity contribution in [2.75, 3.05) is 22.1 Å². The van der Waals surface area contributed by atoms with Crippen LogP contribution in [-0.4, -0.2) is 26.6 Å². The summed E-state index contributed by atoms with van der Waals surface area (Å²) in [6, 6.07) is 13.8. The molecular weight excluding hydrogens is 384 g/mol. The molecule has 3 aromatic rings. The second-order valence-corrected chi connectivity index (χ2v) is 7.77. The van der Waals surface area contributed by atoms with E-state index in [1.54, 1.807) is 0 Å². The van der Waals surface area contributed by atoms with E-state index in [4.69, 9.17) is 5.73 Å². The third-order valence-corrected chi connectivity index (χ3v) is 5.06. The van der Waals surface area contributed by atoms with Crippen LogP contribution in [0.5, 0.6) is 0 Å². The number of carbonyl (C=O) groups excluding carboxylic acids is 1. The molecule has 1 aromatic heterocycles. The predicted molar refractivity (Wildman–Crippen MR) is 119 cm³/mol. The van der Waals surface area contributed by atoms with Gasteiger partial charge in [-0.3, -0.25) is 4.79 Å². The SMILES string of the molecule is Cc1ccc(Nc2nc(N)nc(CSCC(=O)Nc3ccc(C)cc3C)n2)cc1. The third kappa shape index (κ3) is 6.18. The van der Waals surface area contributed by atoms with Crippen molar-refractivity contribution < 1.29 is 4.79 Å². The topological polar surface area (TPSA) is 106 Å². The average Bonchev–Trinajstić information content (AvgIpc) is 2.65. The van der Waals surface area contributed by atoms with Crippen LogP contribution in [0, 0.1) is 20.8 Å². The number of aromatic nitrogens is 3. The lowest BCUT2D eigenvalue weighted by molar-refractivity contribution is -0.113. The minimum atomic E-state index is -0.0676. The summed E-state index contributed by atoms with van der Waals surface area (Å²) in [4.78, 5) is 24.9. The Bertz CT molecular complexity index is 1010. The Balaban J connectivity index is 1.55. The van der Waals surface area contributed by atoms with Gasteiger partial charge in [0.25, 0.3) is 0 Å². The highest BCUT2D eigenvalue weighted by molar-refractivity contribution is 7.99. The van der Waals surface area contributed by atoms with Gasteiger partial charge in [-0.2, -0.15) is 15.0 Å². The molecule has 0 saturated heterocycles. The number of nitrogens with one attached hydrogen (secondary N) is 2. The first kappa shape index (κ1) is 20.6. The van der Waals surface area contributed by atoms with E-state index in [-0.39, 0.29) is 11.9 Å². The number of nitrogens with two attached hydrogens (primary N) is 1. The Morgan fingerprint density at radius 3 is 2.45 bits per heavy atom. The first-order valence-corrected chi connectivity index (χ1v) is 10.3. The molecule has 2 aromatic carbocycles. The highest BCUT2D eigenvalue weighted by Crippen LogP contribution is 2.18. The lowest BCUT2D eigenvalue weighted by atomic mass is 10.1. The van der Waals surface area contributed by atoms with Crippen LogP contribution in [-0.2, 0) is 10.5 Å². The molecule has 1 heterocycles. The smallest absolute Gasteiger partial charge is 0.234 e. The van der Waals surface area contributed by atoms with E-state index in [1.807, 2.05) is 63.2 Å². The number of amides is 1. The molecule has 0 radical (unpaired) electrons. The van der Waals surface area contributed by atoms with Crippen molar-refractivity contribution in [1.29, 1.82) is 0 Å². The van der Waals surface area contributed by atoms with Gasteiger partial charge in [0.2, 0.25) is 17.8 Å². The molecule has 0 aliphatic heterocycles. The van der Waals surface area contributed by atoms with E-state index in [9.17, 15) is 4.79 Å². The number of benzene rings is 2. The number of carbonyl (C=O) groups is 1. The molecule has 0 aliphatic rings. The standard InChI is InChI=1S/C21H24N6OS/c1-13-4-7-16(8-5-13)23-21-26-18(25-20(22)27-21)11-29-12-19(28)24-17-9-6-14(2)10-15(17)3/h4-10H,11-12H2,1-3H3,(H,24,28)(H3,22,23,25,26,27). The van der Waals surface area contributed by atoms with Crippen LogP contribution in [0.1, 0.15) is 22.5 Å². The average molecular weight is 409 g/mol. The number of anilines is 4. The molecule has 1 amide bonds. The minimum absolute atomic E-state index is 0.0676. The molecule has 150 valence electrons. The fourth-order valence-electron chi connectivity index (χ4n) is 2.70. The molecule has 0 aliphatic carbocycles. The van der Waals surface area contributed by atoms with Crippen LogP contribution >= 0.6 is 11.8 Å². The van der Waals surface area contributed by atoms with Crippen molar-refractivity contribution in [2.45, 2.75) is 26.5 Å². The molecule has 29 heavy (non-hydrogen) atoms. The van der Waals surface area contributed by atoms with Gasteiger partial charge in [-0.05, 0) is 44.5 Å². The summed E-state index contributed by atoms with van der Waals surface area (Å²) in [7, 11) is 0. The molecule has 0 bridgehead atoms. The van der Waals surface area contributed by atoms with Crippen molar-refractivity contribution in [3.63, 3.8) is 0 Å². The van der Waals surface area contributed by atoms with Crippen LogP contribution in [0.25, 0.3) is 0 Å². The monoisotopic (exact) mass is 408 g/mol. The van der Waals surface area contributed by atoms with Crippen LogP contribution in [0.2, 0.25) is 0 Å². The first-order valence-electron chi connectivity index (χ1n) is 9.18. The summed E-state index contributed by atoms with van der Waals surface area (Å²) in [5.41, 5.74) is 10.9. The molecule has 0 spiro atoms. The molecule has 8 heteroatoms.